The maximum absolute atomic E-state index is 10.3. The van der Waals surface area contributed by atoms with Gasteiger partial charge in [0.1, 0.15) is 0 Å². The second-order valence-corrected chi connectivity index (χ2v) is 3.52. The Labute approximate surface area is 115 Å². The maximum Gasteiger partial charge on any atom is 0.211 e. The lowest BCUT2D eigenvalue weighted by Gasteiger charge is -2.04. The van der Waals surface area contributed by atoms with Crippen molar-refractivity contribution in [2.24, 2.45) is 4.99 Å². The molecule has 104 valence electrons. The van der Waals surface area contributed by atoms with E-state index in [9.17, 15) is 4.79 Å². The van der Waals surface area contributed by atoms with Gasteiger partial charge in [-0.2, -0.15) is 0 Å². The first-order valence-electron chi connectivity index (χ1n) is 6.44. The van der Waals surface area contributed by atoms with Crippen molar-refractivity contribution in [2.45, 2.75) is 34.2 Å². The zero-order chi connectivity index (χ0) is 14.5. The Morgan fingerprint density at radius 1 is 1.37 bits per heavy atom. The third-order valence-corrected chi connectivity index (χ3v) is 2.10. The van der Waals surface area contributed by atoms with E-state index in [-0.39, 0.29) is 0 Å². The molecule has 0 aromatic heterocycles. The second-order valence-electron chi connectivity index (χ2n) is 3.52. The molecule has 2 N–H and O–H groups in total. The van der Waals surface area contributed by atoms with Crippen molar-refractivity contribution in [1.82, 2.24) is 5.32 Å². The van der Waals surface area contributed by atoms with Crippen LogP contribution in [0.25, 0.3) is 0 Å². The largest absolute Gasteiger partial charge is 0.385 e. The Hall–Kier alpha value is -2.10. The predicted molar refractivity (Wildman–Crippen MR) is 82.2 cm³/mol. The van der Waals surface area contributed by atoms with Crippen LogP contribution in [0, 0.1) is 0 Å². The molecule has 0 radical (unpaired) electrons. The molecule has 0 aliphatic heterocycles. The van der Waals surface area contributed by atoms with Crippen LogP contribution in [0.4, 0.5) is 5.69 Å². The molecule has 0 fully saturated rings. The summed E-state index contributed by atoms with van der Waals surface area (Å²) in [6.45, 7) is 8.51. The number of benzene rings is 1. The smallest absolute Gasteiger partial charge is 0.211 e. The number of amides is 1. The monoisotopic (exact) mass is 261 g/mol. The van der Waals surface area contributed by atoms with Crippen LogP contribution in [0.2, 0.25) is 0 Å². The Morgan fingerprint density at radius 2 is 2.11 bits per heavy atom. The zero-order valence-electron chi connectivity index (χ0n) is 12.1. The fourth-order valence-corrected chi connectivity index (χ4v) is 1.40. The molecule has 19 heavy (non-hydrogen) atoms. The molecular weight excluding hydrogens is 238 g/mol. The first-order valence-corrected chi connectivity index (χ1v) is 6.44. The molecule has 0 atom stereocenters. The Kier molecular flexibility index (Phi) is 9.80. The lowest BCUT2D eigenvalue weighted by atomic mass is 10.2. The van der Waals surface area contributed by atoms with Gasteiger partial charge in [0.25, 0.3) is 0 Å². The summed E-state index contributed by atoms with van der Waals surface area (Å²) in [5.41, 5.74) is 2.82. The van der Waals surface area contributed by atoms with Crippen LogP contribution >= 0.6 is 0 Å². The Bertz CT molecular complexity index is 425. The van der Waals surface area contributed by atoms with E-state index in [0.717, 1.165) is 16.9 Å². The first-order chi connectivity index (χ1) is 9.26. The minimum absolute atomic E-state index is 0.673. The number of rotatable bonds is 6. The van der Waals surface area contributed by atoms with Crippen LogP contribution in [-0.2, 0) is 11.3 Å². The highest BCUT2D eigenvalue weighted by Gasteiger charge is 1.93. The van der Waals surface area contributed by atoms with Gasteiger partial charge in [-0.05, 0) is 31.5 Å². The van der Waals surface area contributed by atoms with Gasteiger partial charge in [0, 0.05) is 24.6 Å². The molecule has 0 bridgehead atoms. The molecule has 1 rings (SSSR count). The van der Waals surface area contributed by atoms with E-state index < -0.39 is 0 Å². The average molecular weight is 261 g/mol. The summed E-state index contributed by atoms with van der Waals surface area (Å²) in [6, 6.07) is 7.67. The van der Waals surface area contributed by atoms with Crippen molar-refractivity contribution >= 4 is 18.3 Å². The van der Waals surface area contributed by atoms with Gasteiger partial charge in [-0.25, -0.2) is 0 Å². The van der Waals surface area contributed by atoms with Crippen LogP contribution in [0.15, 0.2) is 41.2 Å². The van der Waals surface area contributed by atoms with Crippen LogP contribution in [0.1, 0.15) is 33.3 Å². The Morgan fingerprint density at radius 3 is 2.74 bits per heavy atom. The fourth-order valence-electron chi connectivity index (χ4n) is 1.40. The van der Waals surface area contributed by atoms with Crippen LogP contribution in [-0.4, -0.2) is 12.6 Å². The highest BCUT2D eigenvalue weighted by Crippen LogP contribution is 2.09. The third-order valence-electron chi connectivity index (χ3n) is 2.10. The average Bonchev–Trinajstić information content (AvgIpc) is 2.42. The van der Waals surface area contributed by atoms with Crippen molar-refractivity contribution < 1.29 is 4.79 Å². The molecule has 0 saturated heterocycles. The Balaban J connectivity index is 0.00000154. The van der Waals surface area contributed by atoms with Crippen LogP contribution in [0.3, 0.4) is 0 Å². The van der Waals surface area contributed by atoms with Crippen LogP contribution < -0.4 is 10.6 Å². The molecule has 1 aromatic carbocycles. The molecule has 0 unspecified atom stereocenters. The summed E-state index contributed by atoms with van der Waals surface area (Å²) >= 11 is 0. The number of nitrogens with one attached hydrogen (secondary N) is 2. The molecule has 0 saturated carbocycles. The molecule has 0 aliphatic carbocycles. The van der Waals surface area contributed by atoms with Gasteiger partial charge in [-0.3, -0.25) is 9.79 Å². The molecule has 4 heteroatoms. The van der Waals surface area contributed by atoms with Gasteiger partial charge in [0.2, 0.25) is 6.41 Å². The van der Waals surface area contributed by atoms with Crippen LogP contribution in [0.5, 0.6) is 0 Å². The lowest BCUT2D eigenvalue weighted by Crippen LogP contribution is -2.05. The number of hydrogen-bond donors (Lipinski definition) is 2. The van der Waals surface area contributed by atoms with Crippen molar-refractivity contribution in [3.63, 3.8) is 0 Å². The minimum Gasteiger partial charge on any atom is -0.385 e. The fraction of sp³-hybridized carbons (Fsp3) is 0.333. The molecule has 4 nitrogen and oxygen atoms in total. The van der Waals surface area contributed by atoms with E-state index in [0.29, 0.717) is 13.0 Å². The minimum atomic E-state index is 0.673. The maximum atomic E-state index is 10.3. The summed E-state index contributed by atoms with van der Waals surface area (Å²) in [6.07, 6.45) is 4.29. The summed E-state index contributed by atoms with van der Waals surface area (Å²) in [5, 5.41) is 5.78. The number of aliphatic imine (C=N–C) groups is 1. The highest BCUT2D eigenvalue weighted by molar-refractivity contribution is 5.71. The van der Waals surface area contributed by atoms with Gasteiger partial charge in [0.15, 0.2) is 0 Å². The number of carbonyl (C=O) groups is 1. The number of hydrogen-bond acceptors (Lipinski definition) is 3. The molecule has 1 amide bonds. The molecule has 0 aliphatic rings. The van der Waals surface area contributed by atoms with Crippen molar-refractivity contribution in [3.8, 4) is 0 Å². The number of allylic oxidation sites excluding steroid dienone is 1. The topological polar surface area (TPSA) is 53.5 Å². The van der Waals surface area contributed by atoms with E-state index in [4.69, 9.17) is 0 Å². The quantitative estimate of drug-likeness (QED) is 0.609. The van der Waals surface area contributed by atoms with E-state index >= 15 is 0 Å². The highest BCUT2D eigenvalue weighted by atomic mass is 16.1. The van der Waals surface area contributed by atoms with E-state index in [1.54, 1.807) is 6.21 Å². The standard InChI is InChI=1S/C13H17N3O.C2H6/c1-3-15-11(2)8-14-9-12-5-4-6-13(7-12)16-10-17;1-2/h3-8,10,14H,9H2,1-2H3,(H,16,17);1-2H3/b11-8-,15-3?;. The number of anilines is 1. The third kappa shape index (κ3) is 7.76. The van der Waals surface area contributed by atoms with Gasteiger partial charge < -0.3 is 10.6 Å². The second kappa shape index (κ2) is 11.0. The summed E-state index contributed by atoms with van der Waals surface area (Å²) in [7, 11) is 0. The van der Waals surface area contributed by atoms with Crippen molar-refractivity contribution in [3.05, 3.63) is 41.7 Å². The lowest BCUT2D eigenvalue weighted by molar-refractivity contribution is -0.105. The predicted octanol–water partition coefficient (Wildman–Crippen LogP) is 3.32. The van der Waals surface area contributed by atoms with E-state index in [1.165, 1.54) is 0 Å². The number of carbonyl (C=O) groups excluding carboxylic acids is 1. The molecular formula is C15H23N3O. The molecule has 0 spiro atoms. The molecule has 1 aromatic rings. The van der Waals surface area contributed by atoms with E-state index in [1.807, 2.05) is 58.2 Å². The first kappa shape index (κ1) is 16.9. The molecule has 0 heterocycles. The van der Waals surface area contributed by atoms with Gasteiger partial charge >= 0.3 is 0 Å². The summed E-state index contributed by atoms with van der Waals surface area (Å²) in [5.74, 6) is 0. The van der Waals surface area contributed by atoms with Crippen molar-refractivity contribution in [1.29, 1.82) is 0 Å². The summed E-state index contributed by atoms with van der Waals surface area (Å²) < 4.78 is 0. The number of nitrogens with zero attached hydrogens (tertiary/aromatic N) is 1. The van der Waals surface area contributed by atoms with Crippen molar-refractivity contribution in [2.75, 3.05) is 5.32 Å². The normalized spacial score (nSPS) is 10.6. The van der Waals surface area contributed by atoms with Gasteiger partial charge in [-0.1, -0.05) is 26.0 Å². The van der Waals surface area contributed by atoms with Gasteiger partial charge in [0.05, 0.1) is 5.70 Å². The summed E-state index contributed by atoms with van der Waals surface area (Å²) in [4.78, 5) is 14.4. The van der Waals surface area contributed by atoms with E-state index in [2.05, 4.69) is 15.6 Å². The SMILES string of the molecule is CC.CC=N/C(C)=C\NCc1cccc(NC=O)c1. The zero-order valence-corrected chi connectivity index (χ0v) is 12.1. The van der Waals surface area contributed by atoms with Gasteiger partial charge in [-0.15, -0.1) is 0 Å².